The zero-order chi connectivity index (χ0) is 15.8. The molecule has 1 aromatic heterocycles. The van der Waals surface area contributed by atoms with Crippen LogP contribution in [0.4, 0.5) is 13.2 Å². The third kappa shape index (κ3) is 3.55. The number of hydrogen-bond acceptors (Lipinski definition) is 5. The van der Waals surface area contributed by atoms with E-state index in [4.69, 9.17) is 4.52 Å². The second-order valence-electron chi connectivity index (χ2n) is 4.95. The van der Waals surface area contributed by atoms with Gasteiger partial charge in [-0.15, -0.1) is 0 Å². The van der Waals surface area contributed by atoms with Gasteiger partial charge in [-0.1, -0.05) is 5.16 Å². The van der Waals surface area contributed by atoms with Crippen LogP contribution in [0.5, 0.6) is 0 Å². The van der Waals surface area contributed by atoms with E-state index in [0.29, 0.717) is 0 Å². The van der Waals surface area contributed by atoms with Crippen molar-refractivity contribution in [1.82, 2.24) is 14.4 Å². The monoisotopic (exact) mass is 327 g/mol. The van der Waals surface area contributed by atoms with Crippen LogP contribution in [0.3, 0.4) is 0 Å². The lowest BCUT2D eigenvalue weighted by molar-refractivity contribution is -0.148. The smallest absolute Gasteiger partial charge is 0.360 e. The summed E-state index contributed by atoms with van der Waals surface area (Å²) < 4.78 is 67.9. The summed E-state index contributed by atoms with van der Waals surface area (Å²) in [4.78, 5) is 1.20. The Balaban J connectivity index is 2.08. The molecule has 0 aliphatic carbocycles. The Morgan fingerprint density at radius 2 is 1.76 bits per heavy atom. The minimum Gasteiger partial charge on any atom is -0.360 e. The molecule has 1 saturated heterocycles. The predicted molar refractivity (Wildman–Crippen MR) is 67.2 cm³/mol. The highest BCUT2D eigenvalue weighted by Gasteiger charge is 2.36. The first kappa shape index (κ1) is 16.2. The third-order valence-corrected chi connectivity index (χ3v) is 5.44. The van der Waals surface area contributed by atoms with Crippen molar-refractivity contribution in [3.05, 3.63) is 11.5 Å². The number of nitrogens with zero attached hydrogens (tertiary/aromatic N) is 3. The minimum atomic E-state index is -4.28. The molecule has 0 N–H and O–H groups in total. The number of rotatable bonds is 3. The van der Waals surface area contributed by atoms with Gasteiger partial charge >= 0.3 is 6.18 Å². The Morgan fingerprint density at radius 1 is 1.19 bits per heavy atom. The Morgan fingerprint density at radius 3 is 2.19 bits per heavy atom. The second kappa shape index (κ2) is 5.58. The van der Waals surface area contributed by atoms with Crippen LogP contribution in [0, 0.1) is 13.8 Å². The summed E-state index contributed by atoms with van der Waals surface area (Å²) in [6, 6.07) is 0. The lowest BCUT2D eigenvalue weighted by Gasteiger charge is -2.34. The zero-order valence-electron chi connectivity index (χ0n) is 11.6. The maximum Gasteiger partial charge on any atom is 0.401 e. The Hall–Kier alpha value is -1.13. The van der Waals surface area contributed by atoms with Gasteiger partial charge in [-0.2, -0.15) is 17.5 Å². The highest BCUT2D eigenvalue weighted by Crippen LogP contribution is 2.25. The summed E-state index contributed by atoms with van der Waals surface area (Å²) >= 11 is 0. The molecule has 0 amide bonds. The molecule has 10 heteroatoms. The summed E-state index contributed by atoms with van der Waals surface area (Å²) in [5.74, 6) is 0.185. The summed E-state index contributed by atoms with van der Waals surface area (Å²) in [6.45, 7) is 2.11. The van der Waals surface area contributed by atoms with Crippen molar-refractivity contribution in [2.24, 2.45) is 0 Å². The van der Waals surface area contributed by atoms with Crippen LogP contribution in [0.1, 0.15) is 11.5 Å². The Kier molecular flexibility index (Phi) is 4.31. The fourth-order valence-electron chi connectivity index (χ4n) is 2.35. The van der Waals surface area contributed by atoms with E-state index in [1.54, 1.807) is 0 Å². The van der Waals surface area contributed by atoms with Gasteiger partial charge in [0.1, 0.15) is 10.6 Å². The molecule has 1 aromatic rings. The van der Waals surface area contributed by atoms with E-state index in [9.17, 15) is 21.6 Å². The molecule has 0 atom stereocenters. The number of alkyl halides is 3. The van der Waals surface area contributed by atoms with Crippen LogP contribution in [0.25, 0.3) is 0 Å². The molecule has 1 fully saturated rings. The molecule has 2 rings (SSSR count). The van der Waals surface area contributed by atoms with Crippen LogP contribution in [-0.4, -0.2) is 61.7 Å². The molecular weight excluding hydrogens is 311 g/mol. The molecule has 0 spiro atoms. The maximum atomic E-state index is 12.5. The summed E-state index contributed by atoms with van der Waals surface area (Å²) in [6.07, 6.45) is -4.28. The van der Waals surface area contributed by atoms with Gasteiger partial charge in [0.15, 0.2) is 5.76 Å². The van der Waals surface area contributed by atoms with Crippen LogP contribution in [-0.2, 0) is 10.0 Å². The molecule has 2 heterocycles. The molecule has 1 aliphatic rings. The number of piperazine rings is 1. The number of hydrogen-bond donors (Lipinski definition) is 0. The molecule has 0 radical (unpaired) electrons. The SMILES string of the molecule is Cc1noc(C)c1S(=O)(=O)N1CCN(CC(F)(F)F)CC1. The van der Waals surface area contributed by atoms with Crippen molar-refractivity contribution in [2.75, 3.05) is 32.7 Å². The van der Waals surface area contributed by atoms with Crippen molar-refractivity contribution in [3.63, 3.8) is 0 Å². The van der Waals surface area contributed by atoms with Crippen LogP contribution < -0.4 is 0 Å². The first-order chi connectivity index (χ1) is 9.61. The molecule has 21 heavy (non-hydrogen) atoms. The first-order valence-corrected chi connectivity index (χ1v) is 7.77. The van der Waals surface area contributed by atoms with E-state index < -0.39 is 22.7 Å². The topological polar surface area (TPSA) is 66.7 Å². The van der Waals surface area contributed by atoms with Crippen molar-refractivity contribution >= 4 is 10.0 Å². The Labute approximate surface area is 120 Å². The molecule has 0 bridgehead atoms. The zero-order valence-corrected chi connectivity index (χ0v) is 12.5. The van der Waals surface area contributed by atoms with Crippen molar-refractivity contribution < 1.29 is 26.1 Å². The lowest BCUT2D eigenvalue weighted by atomic mass is 10.3. The second-order valence-corrected chi connectivity index (χ2v) is 6.82. The molecule has 120 valence electrons. The molecular formula is C11H16F3N3O3S. The first-order valence-electron chi connectivity index (χ1n) is 6.33. The largest absolute Gasteiger partial charge is 0.401 e. The van der Waals surface area contributed by atoms with Crippen LogP contribution >= 0.6 is 0 Å². The van der Waals surface area contributed by atoms with E-state index >= 15 is 0 Å². The number of halogens is 3. The van der Waals surface area contributed by atoms with E-state index in [-0.39, 0.29) is 42.5 Å². The van der Waals surface area contributed by atoms with Crippen LogP contribution in [0.2, 0.25) is 0 Å². The van der Waals surface area contributed by atoms with E-state index in [2.05, 4.69) is 5.16 Å². The minimum absolute atomic E-state index is 0.00627. The van der Waals surface area contributed by atoms with Gasteiger partial charge in [-0.3, -0.25) is 4.90 Å². The van der Waals surface area contributed by atoms with Gasteiger partial charge < -0.3 is 4.52 Å². The van der Waals surface area contributed by atoms with Gasteiger partial charge in [0.2, 0.25) is 10.0 Å². The number of aromatic nitrogens is 1. The maximum absolute atomic E-state index is 12.5. The van der Waals surface area contributed by atoms with E-state index in [0.717, 1.165) is 0 Å². The van der Waals surface area contributed by atoms with E-state index in [1.165, 1.54) is 23.1 Å². The third-order valence-electron chi connectivity index (χ3n) is 3.30. The normalized spacial score (nSPS) is 19.1. The fourth-order valence-corrected chi connectivity index (χ4v) is 4.07. The summed E-state index contributed by atoms with van der Waals surface area (Å²) in [5.41, 5.74) is 0.255. The lowest BCUT2D eigenvalue weighted by Crippen LogP contribution is -2.50. The predicted octanol–water partition coefficient (Wildman–Crippen LogP) is 1.16. The summed E-state index contributed by atoms with van der Waals surface area (Å²) in [7, 11) is -3.78. The highest BCUT2D eigenvalue weighted by molar-refractivity contribution is 7.89. The molecule has 0 unspecified atom stereocenters. The highest BCUT2D eigenvalue weighted by atomic mass is 32.2. The molecule has 0 aromatic carbocycles. The average molecular weight is 327 g/mol. The molecule has 6 nitrogen and oxygen atoms in total. The van der Waals surface area contributed by atoms with Gasteiger partial charge in [-0.25, -0.2) is 8.42 Å². The number of sulfonamides is 1. The van der Waals surface area contributed by atoms with Crippen molar-refractivity contribution in [3.8, 4) is 0 Å². The van der Waals surface area contributed by atoms with Gasteiger partial charge in [0, 0.05) is 26.2 Å². The fraction of sp³-hybridized carbons (Fsp3) is 0.727. The number of aryl methyl sites for hydroxylation is 2. The van der Waals surface area contributed by atoms with Gasteiger partial charge in [0.25, 0.3) is 0 Å². The quantitative estimate of drug-likeness (QED) is 0.833. The van der Waals surface area contributed by atoms with Crippen LogP contribution in [0.15, 0.2) is 9.42 Å². The molecule has 0 saturated carbocycles. The van der Waals surface area contributed by atoms with Gasteiger partial charge in [-0.05, 0) is 13.8 Å². The Bertz CT molecular complexity index is 584. The standard InChI is InChI=1S/C11H16F3N3O3S/c1-8-10(9(2)20-15-8)21(18,19)17-5-3-16(4-6-17)7-11(12,13)14/h3-7H2,1-2H3. The van der Waals surface area contributed by atoms with Gasteiger partial charge in [0.05, 0.1) is 6.54 Å². The van der Waals surface area contributed by atoms with E-state index in [1.807, 2.05) is 0 Å². The van der Waals surface area contributed by atoms with Crippen molar-refractivity contribution in [2.45, 2.75) is 24.9 Å². The average Bonchev–Trinajstić information content (AvgIpc) is 2.68. The summed E-state index contributed by atoms with van der Waals surface area (Å²) in [5, 5.41) is 3.60. The van der Waals surface area contributed by atoms with Crippen molar-refractivity contribution in [1.29, 1.82) is 0 Å². The molecule has 1 aliphatic heterocycles.